The molecule has 4 rings (SSSR count). The van der Waals surface area contributed by atoms with E-state index in [-0.39, 0.29) is 5.82 Å². The second kappa shape index (κ2) is 8.07. The SMILES string of the molecule is N#Cc1ccccc1-c1ccc(CSc2nncn2-c2ccccc2F)cc1. The van der Waals surface area contributed by atoms with Crippen molar-refractivity contribution in [1.82, 2.24) is 14.8 Å². The minimum absolute atomic E-state index is 0.315. The molecule has 0 saturated carbocycles. The lowest BCUT2D eigenvalue weighted by molar-refractivity contribution is 0.613. The van der Waals surface area contributed by atoms with Crippen LogP contribution in [0.5, 0.6) is 0 Å². The maximum absolute atomic E-state index is 14.1. The molecule has 3 aromatic carbocycles. The highest BCUT2D eigenvalue weighted by molar-refractivity contribution is 7.98. The van der Waals surface area contributed by atoms with E-state index in [2.05, 4.69) is 16.3 Å². The molecule has 1 heterocycles. The summed E-state index contributed by atoms with van der Waals surface area (Å²) in [6.07, 6.45) is 1.52. The van der Waals surface area contributed by atoms with Gasteiger partial charge in [0.05, 0.1) is 17.3 Å². The molecule has 4 nitrogen and oxygen atoms in total. The number of hydrogen-bond acceptors (Lipinski definition) is 4. The quantitative estimate of drug-likeness (QED) is 0.440. The summed E-state index contributed by atoms with van der Waals surface area (Å²) < 4.78 is 15.7. The van der Waals surface area contributed by atoms with Gasteiger partial charge in [-0.3, -0.25) is 4.57 Å². The molecule has 28 heavy (non-hydrogen) atoms. The van der Waals surface area contributed by atoms with E-state index in [9.17, 15) is 9.65 Å². The highest BCUT2D eigenvalue weighted by Crippen LogP contribution is 2.27. The Bertz CT molecular complexity index is 1150. The third-order valence-electron chi connectivity index (χ3n) is 4.31. The molecule has 0 bridgehead atoms. The largest absolute Gasteiger partial charge is 0.274 e. The molecule has 0 saturated heterocycles. The number of aromatic nitrogens is 3. The van der Waals surface area contributed by atoms with Gasteiger partial charge in [0.15, 0.2) is 5.16 Å². The fourth-order valence-electron chi connectivity index (χ4n) is 2.90. The third-order valence-corrected chi connectivity index (χ3v) is 5.32. The van der Waals surface area contributed by atoms with Crippen LogP contribution in [0, 0.1) is 17.1 Å². The summed E-state index contributed by atoms with van der Waals surface area (Å²) in [6, 6.07) is 24.4. The van der Waals surface area contributed by atoms with Crippen LogP contribution < -0.4 is 0 Å². The second-order valence-electron chi connectivity index (χ2n) is 6.08. The Labute approximate surface area is 166 Å². The van der Waals surface area contributed by atoms with Crippen LogP contribution in [0.15, 0.2) is 84.3 Å². The van der Waals surface area contributed by atoms with E-state index < -0.39 is 0 Å². The maximum atomic E-state index is 14.1. The van der Waals surface area contributed by atoms with Gasteiger partial charge >= 0.3 is 0 Å². The summed E-state index contributed by atoms with van der Waals surface area (Å²) in [5.41, 5.74) is 4.11. The number of hydrogen-bond donors (Lipinski definition) is 0. The summed E-state index contributed by atoms with van der Waals surface area (Å²) in [5, 5.41) is 17.9. The molecule has 0 N–H and O–H groups in total. The molecule has 4 aromatic rings. The molecule has 0 aliphatic carbocycles. The van der Waals surface area contributed by atoms with E-state index >= 15 is 0 Å². The number of halogens is 1. The van der Waals surface area contributed by atoms with Crippen molar-refractivity contribution in [2.45, 2.75) is 10.9 Å². The summed E-state index contributed by atoms with van der Waals surface area (Å²) in [4.78, 5) is 0. The van der Waals surface area contributed by atoms with E-state index in [0.717, 1.165) is 16.7 Å². The molecule has 0 fully saturated rings. The molecule has 0 unspecified atom stereocenters. The zero-order chi connectivity index (χ0) is 19.3. The van der Waals surface area contributed by atoms with Gasteiger partial charge in [-0.1, -0.05) is 66.4 Å². The van der Waals surface area contributed by atoms with E-state index in [0.29, 0.717) is 22.2 Å². The van der Waals surface area contributed by atoms with Crippen molar-refractivity contribution in [3.05, 3.63) is 96.1 Å². The lowest BCUT2D eigenvalue weighted by Gasteiger charge is -2.08. The van der Waals surface area contributed by atoms with Crippen LogP contribution in [-0.2, 0) is 5.75 Å². The van der Waals surface area contributed by atoms with Crippen molar-refractivity contribution in [1.29, 1.82) is 5.26 Å². The number of nitriles is 1. The van der Waals surface area contributed by atoms with Crippen molar-refractivity contribution in [2.75, 3.05) is 0 Å². The number of para-hydroxylation sites is 1. The van der Waals surface area contributed by atoms with Gasteiger partial charge in [-0.2, -0.15) is 5.26 Å². The molecule has 6 heteroatoms. The van der Waals surface area contributed by atoms with Crippen LogP contribution >= 0.6 is 11.8 Å². The molecule has 0 spiro atoms. The third kappa shape index (κ3) is 3.66. The molecule has 0 radical (unpaired) electrons. The number of benzene rings is 3. The molecule has 136 valence electrons. The zero-order valence-electron chi connectivity index (χ0n) is 14.8. The normalized spacial score (nSPS) is 10.6. The maximum Gasteiger partial charge on any atom is 0.196 e. The first-order valence-electron chi connectivity index (χ1n) is 8.62. The highest BCUT2D eigenvalue weighted by Gasteiger charge is 2.11. The molecule has 0 aliphatic rings. The Kier molecular flexibility index (Phi) is 5.18. The average Bonchev–Trinajstić information content (AvgIpc) is 3.21. The van der Waals surface area contributed by atoms with Crippen molar-refractivity contribution >= 4 is 11.8 Å². The minimum Gasteiger partial charge on any atom is -0.274 e. The van der Waals surface area contributed by atoms with Gasteiger partial charge in [-0.05, 0) is 34.9 Å². The van der Waals surface area contributed by atoms with Gasteiger partial charge in [0.2, 0.25) is 0 Å². The number of nitrogens with zero attached hydrogens (tertiary/aromatic N) is 4. The van der Waals surface area contributed by atoms with E-state index in [4.69, 9.17) is 0 Å². The van der Waals surface area contributed by atoms with E-state index in [1.165, 1.54) is 24.2 Å². The van der Waals surface area contributed by atoms with Crippen LogP contribution in [0.4, 0.5) is 4.39 Å². The summed E-state index contributed by atoms with van der Waals surface area (Å²) in [6.45, 7) is 0. The Morgan fingerprint density at radius 3 is 2.50 bits per heavy atom. The van der Waals surface area contributed by atoms with Crippen LogP contribution in [0.1, 0.15) is 11.1 Å². The predicted molar refractivity (Wildman–Crippen MR) is 107 cm³/mol. The lowest BCUT2D eigenvalue weighted by Crippen LogP contribution is -1.98. The second-order valence-corrected chi connectivity index (χ2v) is 7.02. The van der Waals surface area contributed by atoms with Crippen LogP contribution in [0.2, 0.25) is 0 Å². The molecule has 0 aliphatic heterocycles. The van der Waals surface area contributed by atoms with Crippen molar-refractivity contribution in [3.8, 4) is 22.9 Å². The Hall–Kier alpha value is -3.43. The first-order chi connectivity index (χ1) is 13.8. The van der Waals surface area contributed by atoms with Crippen LogP contribution in [-0.4, -0.2) is 14.8 Å². The highest BCUT2D eigenvalue weighted by atomic mass is 32.2. The van der Waals surface area contributed by atoms with E-state index in [1.807, 2.05) is 48.5 Å². The number of rotatable bonds is 5. The fraction of sp³-hybridized carbons (Fsp3) is 0.0455. The standard InChI is InChI=1S/C22H15FN4S/c23-20-7-3-4-8-21(20)27-15-25-26-22(27)28-14-16-9-11-17(12-10-16)19-6-2-1-5-18(19)13-24/h1-12,15H,14H2. The first kappa shape index (κ1) is 18.0. The fourth-order valence-corrected chi connectivity index (χ4v) is 3.77. The average molecular weight is 386 g/mol. The van der Waals surface area contributed by atoms with Crippen molar-refractivity contribution < 1.29 is 4.39 Å². The molecular weight excluding hydrogens is 371 g/mol. The number of thioether (sulfide) groups is 1. The Balaban J connectivity index is 1.51. The molecule has 0 amide bonds. The van der Waals surface area contributed by atoms with E-state index in [1.54, 1.807) is 22.8 Å². The zero-order valence-corrected chi connectivity index (χ0v) is 15.6. The van der Waals surface area contributed by atoms with Gasteiger partial charge in [-0.25, -0.2) is 4.39 Å². The minimum atomic E-state index is -0.315. The summed E-state index contributed by atoms with van der Waals surface area (Å²) in [7, 11) is 0. The van der Waals surface area contributed by atoms with Crippen molar-refractivity contribution in [3.63, 3.8) is 0 Å². The first-order valence-corrected chi connectivity index (χ1v) is 9.61. The lowest BCUT2D eigenvalue weighted by atomic mass is 10.00. The smallest absolute Gasteiger partial charge is 0.196 e. The molecule has 0 atom stereocenters. The van der Waals surface area contributed by atoms with Crippen LogP contribution in [0.3, 0.4) is 0 Å². The Morgan fingerprint density at radius 2 is 1.71 bits per heavy atom. The summed E-state index contributed by atoms with van der Waals surface area (Å²) >= 11 is 1.49. The van der Waals surface area contributed by atoms with Gasteiger partial charge in [0, 0.05) is 5.75 Å². The topological polar surface area (TPSA) is 54.5 Å². The Morgan fingerprint density at radius 1 is 0.964 bits per heavy atom. The van der Waals surface area contributed by atoms with Gasteiger partial charge in [-0.15, -0.1) is 10.2 Å². The van der Waals surface area contributed by atoms with Gasteiger partial charge in [0.1, 0.15) is 12.1 Å². The van der Waals surface area contributed by atoms with Crippen molar-refractivity contribution in [2.24, 2.45) is 0 Å². The van der Waals surface area contributed by atoms with Crippen LogP contribution in [0.25, 0.3) is 16.8 Å². The monoisotopic (exact) mass is 386 g/mol. The molecule has 1 aromatic heterocycles. The van der Waals surface area contributed by atoms with Gasteiger partial charge < -0.3 is 0 Å². The predicted octanol–water partition coefficient (Wildman–Crippen LogP) is 5.24. The summed E-state index contributed by atoms with van der Waals surface area (Å²) in [5.74, 6) is 0.359. The molecular formula is C22H15FN4S. The van der Waals surface area contributed by atoms with Gasteiger partial charge in [0.25, 0.3) is 0 Å².